The minimum absolute atomic E-state index is 0.342. The molecule has 1 atom stereocenters. The Bertz CT molecular complexity index is 395. The molecule has 0 spiro atoms. The third-order valence-electron chi connectivity index (χ3n) is 1.93. The van der Waals surface area contributed by atoms with Gasteiger partial charge in [-0.3, -0.25) is 4.79 Å². The first-order valence-corrected chi connectivity index (χ1v) is 4.04. The van der Waals surface area contributed by atoms with Gasteiger partial charge in [0.1, 0.15) is 5.82 Å². The van der Waals surface area contributed by atoms with Crippen LogP contribution in [0.25, 0.3) is 0 Å². The van der Waals surface area contributed by atoms with Crippen LogP contribution in [0.15, 0.2) is 12.1 Å². The van der Waals surface area contributed by atoms with Crippen LogP contribution in [0.1, 0.15) is 11.5 Å². The lowest BCUT2D eigenvalue weighted by Gasteiger charge is -2.11. The van der Waals surface area contributed by atoms with Gasteiger partial charge in [-0.2, -0.15) is 0 Å². The fraction of sp³-hybridized carbons (Fsp3) is 0.222. The number of halogens is 3. The fourth-order valence-electron chi connectivity index (χ4n) is 1.19. The van der Waals surface area contributed by atoms with Gasteiger partial charge in [0.15, 0.2) is 11.6 Å². The summed E-state index contributed by atoms with van der Waals surface area (Å²) >= 11 is 0. The summed E-state index contributed by atoms with van der Waals surface area (Å²) in [5.41, 5.74) is 4.50. The Hall–Kier alpha value is -1.56. The van der Waals surface area contributed by atoms with Crippen molar-refractivity contribution in [3.63, 3.8) is 0 Å². The summed E-state index contributed by atoms with van der Waals surface area (Å²) in [7, 11) is 0. The van der Waals surface area contributed by atoms with E-state index in [1.807, 2.05) is 0 Å². The van der Waals surface area contributed by atoms with Crippen molar-refractivity contribution in [2.75, 3.05) is 6.54 Å². The summed E-state index contributed by atoms with van der Waals surface area (Å²) in [4.78, 5) is 10.6. The molecule has 0 fully saturated rings. The number of hydrogen-bond acceptors (Lipinski definition) is 2. The van der Waals surface area contributed by atoms with Crippen LogP contribution in [0.5, 0.6) is 0 Å². The summed E-state index contributed by atoms with van der Waals surface area (Å²) < 4.78 is 38.6. The number of rotatable bonds is 3. The van der Waals surface area contributed by atoms with Crippen molar-refractivity contribution in [3.8, 4) is 0 Å². The highest BCUT2D eigenvalue weighted by molar-refractivity contribution is 5.76. The maximum atomic E-state index is 13.1. The standard InChI is InChI=1S/C9H8F3NO2/c10-4-1-5(6(3-13)9(14)15)8(12)7(11)2-4/h1-2,6H,3,13H2,(H,14,15). The second-order valence-electron chi connectivity index (χ2n) is 2.92. The van der Waals surface area contributed by atoms with Gasteiger partial charge in [0, 0.05) is 18.2 Å². The van der Waals surface area contributed by atoms with E-state index in [1.54, 1.807) is 0 Å². The van der Waals surface area contributed by atoms with Gasteiger partial charge in [0.25, 0.3) is 0 Å². The van der Waals surface area contributed by atoms with Gasteiger partial charge in [-0.15, -0.1) is 0 Å². The van der Waals surface area contributed by atoms with Crippen molar-refractivity contribution in [3.05, 3.63) is 35.1 Å². The average molecular weight is 219 g/mol. The van der Waals surface area contributed by atoms with Crippen LogP contribution in [-0.2, 0) is 4.79 Å². The number of benzene rings is 1. The average Bonchev–Trinajstić information content (AvgIpc) is 2.13. The molecule has 0 aliphatic heterocycles. The minimum Gasteiger partial charge on any atom is -0.481 e. The normalized spacial score (nSPS) is 12.5. The van der Waals surface area contributed by atoms with Gasteiger partial charge < -0.3 is 10.8 Å². The zero-order chi connectivity index (χ0) is 11.6. The second kappa shape index (κ2) is 4.31. The third kappa shape index (κ3) is 2.27. The van der Waals surface area contributed by atoms with E-state index < -0.39 is 41.4 Å². The van der Waals surface area contributed by atoms with Crippen molar-refractivity contribution in [1.82, 2.24) is 0 Å². The molecule has 82 valence electrons. The topological polar surface area (TPSA) is 63.3 Å². The Balaban J connectivity index is 3.28. The van der Waals surface area contributed by atoms with Gasteiger partial charge in [-0.1, -0.05) is 0 Å². The molecule has 0 aliphatic carbocycles. The molecule has 1 aromatic carbocycles. The molecule has 0 bridgehead atoms. The first-order valence-electron chi connectivity index (χ1n) is 4.04. The predicted molar refractivity (Wildman–Crippen MR) is 45.7 cm³/mol. The number of hydrogen-bond donors (Lipinski definition) is 2. The molecule has 0 amide bonds. The smallest absolute Gasteiger partial charge is 0.312 e. The van der Waals surface area contributed by atoms with Crippen molar-refractivity contribution >= 4 is 5.97 Å². The molecule has 1 aromatic rings. The molecule has 0 heterocycles. The van der Waals surface area contributed by atoms with Crippen LogP contribution in [0.3, 0.4) is 0 Å². The fourth-order valence-corrected chi connectivity index (χ4v) is 1.19. The zero-order valence-corrected chi connectivity index (χ0v) is 7.51. The highest BCUT2D eigenvalue weighted by Crippen LogP contribution is 2.22. The van der Waals surface area contributed by atoms with Crippen LogP contribution in [0, 0.1) is 17.5 Å². The molecular formula is C9H8F3NO2. The number of carboxylic acid groups (broad SMARTS) is 1. The highest BCUT2D eigenvalue weighted by atomic mass is 19.2. The quantitative estimate of drug-likeness (QED) is 0.751. The molecule has 0 aromatic heterocycles. The SMILES string of the molecule is NCC(C(=O)O)c1cc(F)cc(F)c1F. The van der Waals surface area contributed by atoms with Gasteiger partial charge in [0.05, 0.1) is 5.92 Å². The van der Waals surface area contributed by atoms with Gasteiger partial charge >= 0.3 is 5.97 Å². The first-order chi connectivity index (χ1) is 6.97. The Morgan fingerprint density at radius 1 is 1.40 bits per heavy atom. The molecule has 1 unspecified atom stereocenters. The summed E-state index contributed by atoms with van der Waals surface area (Å²) in [6.45, 7) is -0.435. The third-order valence-corrected chi connectivity index (χ3v) is 1.93. The number of carbonyl (C=O) groups is 1. The Labute approximate surface area is 83.3 Å². The van der Waals surface area contributed by atoms with E-state index in [1.165, 1.54) is 0 Å². The zero-order valence-electron chi connectivity index (χ0n) is 7.51. The molecule has 3 N–H and O–H groups in total. The van der Waals surface area contributed by atoms with Gasteiger partial charge in [-0.25, -0.2) is 13.2 Å². The Morgan fingerprint density at radius 3 is 2.47 bits per heavy atom. The molecule has 0 aliphatic rings. The van der Waals surface area contributed by atoms with Crippen LogP contribution >= 0.6 is 0 Å². The highest BCUT2D eigenvalue weighted by Gasteiger charge is 2.24. The number of aliphatic carboxylic acids is 1. The van der Waals surface area contributed by atoms with E-state index >= 15 is 0 Å². The Morgan fingerprint density at radius 2 is 2.00 bits per heavy atom. The lowest BCUT2D eigenvalue weighted by molar-refractivity contribution is -0.138. The lowest BCUT2D eigenvalue weighted by Crippen LogP contribution is -2.22. The van der Waals surface area contributed by atoms with Crippen molar-refractivity contribution < 1.29 is 23.1 Å². The largest absolute Gasteiger partial charge is 0.481 e. The van der Waals surface area contributed by atoms with Gasteiger partial charge in [-0.05, 0) is 6.07 Å². The number of nitrogens with two attached hydrogens (primary N) is 1. The molecule has 6 heteroatoms. The molecular weight excluding hydrogens is 211 g/mol. The molecule has 3 nitrogen and oxygen atoms in total. The number of carboxylic acids is 1. The first kappa shape index (κ1) is 11.5. The molecule has 0 radical (unpaired) electrons. The maximum Gasteiger partial charge on any atom is 0.312 e. The van der Waals surface area contributed by atoms with E-state index in [4.69, 9.17) is 10.8 Å². The summed E-state index contributed by atoms with van der Waals surface area (Å²) in [5, 5.41) is 8.64. The van der Waals surface area contributed by atoms with Crippen LogP contribution in [0.4, 0.5) is 13.2 Å². The van der Waals surface area contributed by atoms with E-state index in [0.717, 1.165) is 0 Å². The maximum absolute atomic E-state index is 13.1. The summed E-state index contributed by atoms with van der Waals surface area (Å²) in [5.74, 6) is -6.72. The van der Waals surface area contributed by atoms with Crippen LogP contribution in [-0.4, -0.2) is 17.6 Å². The summed E-state index contributed by atoms with van der Waals surface area (Å²) in [6, 6.07) is 0.971. The van der Waals surface area contributed by atoms with E-state index in [2.05, 4.69) is 0 Å². The van der Waals surface area contributed by atoms with E-state index in [0.29, 0.717) is 12.1 Å². The van der Waals surface area contributed by atoms with Crippen molar-refractivity contribution in [2.45, 2.75) is 5.92 Å². The van der Waals surface area contributed by atoms with Crippen LogP contribution in [0.2, 0.25) is 0 Å². The van der Waals surface area contributed by atoms with Gasteiger partial charge in [0.2, 0.25) is 0 Å². The second-order valence-corrected chi connectivity index (χ2v) is 2.92. The summed E-state index contributed by atoms with van der Waals surface area (Å²) in [6.07, 6.45) is 0. The molecule has 0 saturated carbocycles. The predicted octanol–water partition coefficient (Wildman–Crippen LogP) is 1.23. The molecule has 0 saturated heterocycles. The molecule has 1 rings (SSSR count). The van der Waals surface area contributed by atoms with Crippen molar-refractivity contribution in [1.29, 1.82) is 0 Å². The van der Waals surface area contributed by atoms with Crippen LogP contribution < -0.4 is 5.73 Å². The lowest BCUT2D eigenvalue weighted by atomic mass is 9.98. The monoisotopic (exact) mass is 219 g/mol. The van der Waals surface area contributed by atoms with E-state index in [9.17, 15) is 18.0 Å². The van der Waals surface area contributed by atoms with Crippen molar-refractivity contribution in [2.24, 2.45) is 5.73 Å². The molecule has 15 heavy (non-hydrogen) atoms. The Kier molecular flexibility index (Phi) is 3.31. The minimum atomic E-state index is -1.45. The van der Waals surface area contributed by atoms with E-state index in [-0.39, 0.29) is 0 Å².